The van der Waals surface area contributed by atoms with Gasteiger partial charge in [0.05, 0.1) is 13.0 Å². The molecule has 0 radical (unpaired) electrons. The highest BCUT2D eigenvalue weighted by molar-refractivity contribution is 5.79. The van der Waals surface area contributed by atoms with Crippen LogP contribution in [0.15, 0.2) is 0 Å². The van der Waals surface area contributed by atoms with E-state index in [2.05, 4.69) is 0 Å². The largest absolute Gasteiger partial charge is 0.466 e. The van der Waals surface area contributed by atoms with Crippen molar-refractivity contribution in [3.63, 3.8) is 0 Å². The molecule has 0 aromatic carbocycles. The van der Waals surface area contributed by atoms with Crippen LogP contribution < -0.4 is 0 Å². The number of nitrogens with zero attached hydrogens (tertiary/aromatic N) is 1. The molecule has 1 fully saturated rings. The van der Waals surface area contributed by atoms with Crippen molar-refractivity contribution in [3.8, 4) is 0 Å². The van der Waals surface area contributed by atoms with Crippen molar-refractivity contribution in [3.05, 3.63) is 0 Å². The van der Waals surface area contributed by atoms with Crippen molar-refractivity contribution in [2.24, 2.45) is 5.92 Å². The van der Waals surface area contributed by atoms with Gasteiger partial charge in [-0.25, -0.2) is 0 Å². The van der Waals surface area contributed by atoms with E-state index >= 15 is 0 Å². The summed E-state index contributed by atoms with van der Waals surface area (Å²) in [7, 11) is 0. The molecule has 0 bridgehead atoms. The Kier molecular flexibility index (Phi) is 4.77. The van der Waals surface area contributed by atoms with Crippen LogP contribution in [-0.4, -0.2) is 36.0 Å². The van der Waals surface area contributed by atoms with Gasteiger partial charge in [0.2, 0.25) is 5.91 Å². The van der Waals surface area contributed by atoms with Gasteiger partial charge >= 0.3 is 5.97 Å². The molecule has 0 unspecified atom stereocenters. The van der Waals surface area contributed by atoms with Crippen LogP contribution in [0.1, 0.15) is 40.0 Å². The Morgan fingerprint density at radius 1 is 1.38 bits per heavy atom. The zero-order chi connectivity index (χ0) is 12.1. The van der Waals surface area contributed by atoms with Gasteiger partial charge in [0.15, 0.2) is 0 Å². The summed E-state index contributed by atoms with van der Waals surface area (Å²) in [5.41, 5.74) is 0. The lowest BCUT2D eigenvalue weighted by Crippen LogP contribution is -2.37. The molecular formula is C12H21NO3. The molecule has 1 aliphatic carbocycles. The number of amides is 1. The van der Waals surface area contributed by atoms with E-state index in [0.717, 1.165) is 12.8 Å². The standard InChI is InChI=1S/C12H21NO3/c1-4-16-11(14)7-8-13(10-5-6-10)12(15)9(2)3/h9-10H,4-8H2,1-3H3. The highest BCUT2D eigenvalue weighted by Gasteiger charge is 2.33. The van der Waals surface area contributed by atoms with E-state index in [-0.39, 0.29) is 17.8 Å². The maximum absolute atomic E-state index is 11.9. The van der Waals surface area contributed by atoms with Crippen LogP contribution in [0, 0.1) is 5.92 Å². The predicted molar refractivity (Wildman–Crippen MR) is 60.8 cm³/mol. The summed E-state index contributed by atoms with van der Waals surface area (Å²) in [5, 5.41) is 0. The van der Waals surface area contributed by atoms with Crippen molar-refractivity contribution >= 4 is 11.9 Å². The Hall–Kier alpha value is -1.06. The third-order valence-electron chi connectivity index (χ3n) is 2.63. The van der Waals surface area contributed by atoms with Crippen LogP contribution in [0.3, 0.4) is 0 Å². The van der Waals surface area contributed by atoms with E-state index in [1.165, 1.54) is 0 Å². The van der Waals surface area contributed by atoms with Gasteiger partial charge in [-0.15, -0.1) is 0 Å². The normalized spacial score (nSPS) is 15.0. The zero-order valence-electron chi connectivity index (χ0n) is 10.4. The van der Waals surface area contributed by atoms with Crippen LogP contribution in [0.25, 0.3) is 0 Å². The minimum Gasteiger partial charge on any atom is -0.466 e. The average molecular weight is 227 g/mol. The van der Waals surface area contributed by atoms with Gasteiger partial charge in [-0.05, 0) is 19.8 Å². The zero-order valence-corrected chi connectivity index (χ0v) is 10.4. The fraction of sp³-hybridized carbons (Fsp3) is 0.833. The molecule has 0 N–H and O–H groups in total. The molecule has 1 saturated carbocycles. The van der Waals surface area contributed by atoms with Gasteiger partial charge in [0.1, 0.15) is 0 Å². The first kappa shape index (κ1) is 13.0. The number of ether oxygens (including phenoxy) is 1. The highest BCUT2D eigenvalue weighted by atomic mass is 16.5. The molecule has 0 spiro atoms. The molecule has 0 heterocycles. The Bertz CT molecular complexity index is 259. The highest BCUT2D eigenvalue weighted by Crippen LogP contribution is 2.28. The van der Waals surface area contributed by atoms with E-state index < -0.39 is 0 Å². The number of carbonyl (C=O) groups excluding carboxylic acids is 2. The van der Waals surface area contributed by atoms with Crippen molar-refractivity contribution in [2.75, 3.05) is 13.2 Å². The number of rotatable bonds is 6. The van der Waals surface area contributed by atoms with Crippen molar-refractivity contribution < 1.29 is 14.3 Å². The first-order chi connectivity index (χ1) is 7.56. The molecule has 0 atom stereocenters. The van der Waals surface area contributed by atoms with Gasteiger partial charge in [0, 0.05) is 18.5 Å². The fourth-order valence-electron chi connectivity index (χ4n) is 1.64. The monoisotopic (exact) mass is 227 g/mol. The quantitative estimate of drug-likeness (QED) is 0.647. The third-order valence-corrected chi connectivity index (χ3v) is 2.63. The third kappa shape index (κ3) is 3.83. The number of hydrogen-bond donors (Lipinski definition) is 0. The summed E-state index contributed by atoms with van der Waals surface area (Å²) >= 11 is 0. The van der Waals surface area contributed by atoms with Crippen molar-refractivity contribution in [1.82, 2.24) is 4.90 Å². The van der Waals surface area contributed by atoms with Crippen LogP contribution in [0.5, 0.6) is 0 Å². The van der Waals surface area contributed by atoms with E-state index in [9.17, 15) is 9.59 Å². The molecule has 1 aliphatic rings. The Balaban J connectivity index is 2.40. The summed E-state index contributed by atoms with van der Waals surface area (Å²) in [5.74, 6) is -0.0701. The van der Waals surface area contributed by atoms with Crippen molar-refractivity contribution in [1.29, 1.82) is 0 Å². The molecule has 92 valence electrons. The Morgan fingerprint density at radius 2 is 2.00 bits per heavy atom. The molecule has 1 rings (SSSR count). The van der Waals surface area contributed by atoms with Gasteiger partial charge in [0.25, 0.3) is 0 Å². The van der Waals surface area contributed by atoms with Gasteiger partial charge in [-0.2, -0.15) is 0 Å². The molecule has 0 aromatic rings. The lowest BCUT2D eigenvalue weighted by molar-refractivity contribution is -0.144. The van der Waals surface area contributed by atoms with Gasteiger partial charge in [-0.3, -0.25) is 9.59 Å². The number of esters is 1. The Labute approximate surface area is 96.9 Å². The molecule has 0 aromatic heterocycles. The number of carbonyl (C=O) groups is 2. The predicted octanol–water partition coefficient (Wildman–Crippen LogP) is 1.59. The molecule has 1 amide bonds. The Morgan fingerprint density at radius 3 is 2.44 bits per heavy atom. The molecule has 4 nitrogen and oxygen atoms in total. The summed E-state index contributed by atoms with van der Waals surface area (Å²) in [6.45, 7) is 6.47. The summed E-state index contributed by atoms with van der Waals surface area (Å²) < 4.78 is 4.86. The first-order valence-corrected chi connectivity index (χ1v) is 6.02. The van der Waals surface area contributed by atoms with Crippen LogP contribution in [0.2, 0.25) is 0 Å². The van der Waals surface area contributed by atoms with Gasteiger partial charge < -0.3 is 9.64 Å². The second-order valence-electron chi connectivity index (χ2n) is 4.47. The topological polar surface area (TPSA) is 46.6 Å². The van der Waals surface area contributed by atoms with E-state index in [4.69, 9.17) is 4.74 Å². The van der Waals surface area contributed by atoms with Crippen LogP contribution in [0.4, 0.5) is 0 Å². The molecule has 4 heteroatoms. The summed E-state index contributed by atoms with van der Waals surface area (Å²) in [6, 6.07) is 0.365. The van der Waals surface area contributed by atoms with Crippen molar-refractivity contribution in [2.45, 2.75) is 46.1 Å². The SMILES string of the molecule is CCOC(=O)CCN(C(=O)C(C)C)C1CC1. The minimum absolute atomic E-state index is 0.00259. The summed E-state index contributed by atoms with van der Waals surface area (Å²) in [6.07, 6.45) is 2.45. The van der Waals surface area contributed by atoms with Gasteiger partial charge in [-0.1, -0.05) is 13.8 Å². The van der Waals surface area contributed by atoms with Crippen LogP contribution in [-0.2, 0) is 14.3 Å². The fourth-order valence-corrected chi connectivity index (χ4v) is 1.64. The maximum Gasteiger partial charge on any atom is 0.307 e. The molecule has 0 aliphatic heterocycles. The average Bonchev–Trinajstić information content (AvgIpc) is 3.02. The molecule has 16 heavy (non-hydrogen) atoms. The van der Waals surface area contributed by atoms with E-state index in [1.807, 2.05) is 18.7 Å². The second kappa shape index (κ2) is 5.87. The minimum atomic E-state index is -0.218. The smallest absolute Gasteiger partial charge is 0.307 e. The first-order valence-electron chi connectivity index (χ1n) is 6.02. The maximum atomic E-state index is 11.9. The van der Waals surface area contributed by atoms with Crippen LogP contribution >= 0.6 is 0 Å². The summed E-state index contributed by atoms with van der Waals surface area (Å²) in [4.78, 5) is 24.9. The molecular weight excluding hydrogens is 206 g/mol. The van der Waals surface area contributed by atoms with E-state index in [1.54, 1.807) is 6.92 Å². The lowest BCUT2D eigenvalue weighted by atomic mass is 10.2. The molecule has 0 saturated heterocycles. The van der Waals surface area contributed by atoms with E-state index in [0.29, 0.717) is 25.6 Å². The lowest BCUT2D eigenvalue weighted by Gasteiger charge is -2.23. The second-order valence-corrected chi connectivity index (χ2v) is 4.47. The number of hydrogen-bond acceptors (Lipinski definition) is 3.